The number of hydrogen-bond acceptors (Lipinski definition) is 0. The van der Waals surface area contributed by atoms with E-state index in [4.69, 9.17) is 0 Å². The summed E-state index contributed by atoms with van der Waals surface area (Å²) in [6.45, 7) is 0. The molecule has 5 heavy (non-hydrogen) atoms. The molecule has 1 rings (SSSR count). The molecule has 0 heterocycles. The molecule has 0 saturated carbocycles. The average Bonchev–Trinajstić information content (AvgIpc) is 1.76. The van der Waals surface area contributed by atoms with Crippen molar-refractivity contribution in [2.75, 3.05) is 0 Å². The topological polar surface area (TPSA) is 0 Å². The highest BCUT2D eigenvalue weighted by molar-refractivity contribution is 5.00. The fourth-order valence-electron chi connectivity index (χ4n) is 0.295. The van der Waals surface area contributed by atoms with Crippen LogP contribution >= 0.6 is 0 Å². The Kier molecular flexibility index (Phi) is 0.577. The first-order valence-electron chi connectivity index (χ1n) is 1.63. The van der Waals surface area contributed by atoms with E-state index in [0.29, 0.717) is 0 Å². The van der Waals surface area contributed by atoms with E-state index in [1.807, 2.05) is 6.08 Å². The van der Waals surface area contributed by atoms with Gasteiger partial charge < -0.3 is 0 Å². The molecule has 0 fully saturated rings. The summed E-state index contributed by atoms with van der Waals surface area (Å²) in [5, 5.41) is 0. The third kappa shape index (κ3) is 0.380. The van der Waals surface area contributed by atoms with E-state index < -0.39 is 0 Å². The second-order valence-electron chi connectivity index (χ2n) is 0.923. The van der Waals surface area contributed by atoms with Crippen LogP contribution in [0.3, 0.4) is 0 Å². The predicted octanol–water partition coefficient (Wildman–Crippen LogP) is 1.11. The zero-order valence-electron chi connectivity index (χ0n) is 2.86. The van der Waals surface area contributed by atoms with Crippen LogP contribution in [0.4, 0.5) is 0 Å². The third-order valence-corrected chi connectivity index (χ3v) is 0.523. The maximum absolute atomic E-state index is 2.93. The van der Waals surface area contributed by atoms with Crippen molar-refractivity contribution in [1.29, 1.82) is 0 Å². The maximum Gasteiger partial charge on any atom is -0.00852 e. The standard InChI is InChI=1S/C5H4/c1-2-4-5-3-1/h1,5H,2H2. The number of rotatable bonds is 0. The first-order valence-corrected chi connectivity index (χ1v) is 1.63. The molecular formula is C5H4. The SMILES string of the molecule is [C]1=C[C]=CC1. The van der Waals surface area contributed by atoms with Gasteiger partial charge in [-0.1, -0.05) is 12.2 Å². The molecule has 2 radical (unpaired) electrons. The lowest BCUT2D eigenvalue weighted by molar-refractivity contribution is 1.40. The first-order chi connectivity index (χ1) is 2.50. The highest BCUT2D eigenvalue weighted by Gasteiger charge is 1.74. The molecule has 0 saturated heterocycles. The minimum atomic E-state index is 0.958. The van der Waals surface area contributed by atoms with E-state index in [1.54, 1.807) is 6.08 Å². The van der Waals surface area contributed by atoms with Crippen LogP contribution in [0, 0.1) is 12.2 Å². The van der Waals surface area contributed by atoms with Gasteiger partial charge in [0, 0.05) is 0 Å². The van der Waals surface area contributed by atoms with Gasteiger partial charge in [-0.25, -0.2) is 0 Å². The summed E-state index contributed by atoms with van der Waals surface area (Å²) in [6.07, 6.45) is 10.5. The van der Waals surface area contributed by atoms with Crippen LogP contribution < -0.4 is 0 Å². The maximum atomic E-state index is 2.93. The molecule has 0 nitrogen and oxygen atoms in total. The van der Waals surface area contributed by atoms with Crippen molar-refractivity contribution in [3.63, 3.8) is 0 Å². The van der Waals surface area contributed by atoms with Crippen LogP contribution in [0.5, 0.6) is 0 Å². The summed E-state index contributed by atoms with van der Waals surface area (Å²) in [6, 6.07) is 0. The van der Waals surface area contributed by atoms with Gasteiger partial charge in [-0.05, 0) is 18.6 Å². The van der Waals surface area contributed by atoms with Gasteiger partial charge >= 0.3 is 0 Å². The lowest BCUT2D eigenvalue weighted by Crippen LogP contribution is -1.39. The van der Waals surface area contributed by atoms with Crippen LogP contribution in [-0.4, -0.2) is 0 Å². The van der Waals surface area contributed by atoms with Crippen molar-refractivity contribution >= 4 is 0 Å². The molecule has 0 aliphatic heterocycles. The molecule has 0 unspecified atom stereocenters. The van der Waals surface area contributed by atoms with Crippen molar-refractivity contribution in [3.8, 4) is 0 Å². The zero-order valence-corrected chi connectivity index (χ0v) is 2.86. The Labute approximate surface area is 31.8 Å². The van der Waals surface area contributed by atoms with Crippen LogP contribution in [0.1, 0.15) is 6.42 Å². The fraction of sp³-hybridized carbons (Fsp3) is 0.200. The average molecular weight is 64.1 g/mol. The van der Waals surface area contributed by atoms with E-state index in [2.05, 4.69) is 12.2 Å². The number of hydrogen-bond donors (Lipinski definition) is 0. The highest BCUT2D eigenvalue weighted by Crippen LogP contribution is 1.90. The summed E-state index contributed by atoms with van der Waals surface area (Å²) in [5.74, 6) is 0. The van der Waals surface area contributed by atoms with Crippen LogP contribution in [0.25, 0.3) is 0 Å². The smallest absolute Gasteiger partial charge is 0.00852 e. The fourth-order valence-corrected chi connectivity index (χ4v) is 0.295. The van der Waals surface area contributed by atoms with Gasteiger partial charge in [-0.15, -0.1) is 0 Å². The molecule has 0 aromatic heterocycles. The van der Waals surface area contributed by atoms with E-state index in [1.165, 1.54) is 0 Å². The van der Waals surface area contributed by atoms with Gasteiger partial charge in [0.1, 0.15) is 0 Å². The Morgan fingerprint density at radius 3 is 2.80 bits per heavy atom. The molecule has 0 heteroatoms. The van der Waals surface area contributed by atoms with Gasteiger partial charge in [0.05, 0.1) is 0 Å². The van der Waals surface area contributed by atoms with Crippen LogP contribution in [-0.2, 0) is 0 Å². The molecule has 0 aromatic rings. The Morgan fingerprint density at radius 1 is 1.60 bits per heavy atom. The quantitative estimate of drug-likeness (QED) is 0.396. The number of allylic oxidation sites excluding steroid dienone is 4. The second kappa shape index (κ2) is 1.07. The van der Waals surface area contributed by atoms with Crippen molar-refractivity contribution in [3.05, 3.63) is 24.3 Å². The Hall–Kier alpha value is -0.520. The summed E-state index contributed by atoms with van der Waals surface area (Å²) < 4.78 is 0. The molecule has 0 spiro atoms. The van der Waals surface area contributed by atoms with E-state index >= 15 is 0 Å². The van der Waals surface area contributed by atoms with Crippen molar-refractivity contribution in [2.24, 2.45) is 0 Å². The van der Waals surface area contributed by atoms with Crippen molar-refractivity contribution in [2.45, 2.75) is 6.42 Å². The molecule has 0 N–H and O–H groups in total. The first kappa shape index (κ1) is 2.70. The van der Waals surface area contributed by atoms with Crippen molar-refractivity contribution < 1.29 is 0 Å². The molecule has 0 aromatic carbocycles. The Balaban J connectivity index is 2.61. The van der Waals surface area contributed by atoms with Gasteiger partial charge in [-0.2, -0.15) is 0 Å². The summed E-state index contributed by atoms with van der Waals surface area (Å²) in [5.41, 5.74) is 0. The second-order valence-corrected chi connectivity index (χ2v) is 0.923. The van der Waals surface area contributed by atoms with Gasteiger partial charge in [-0.3, -0.25) is 0 Å². The zero-order chi connectivity index (χ0) is 3.54. The van der Waals surface area contributed by atoms with Crippen molar-refractivity contribution in [1.82, 2.24) is 0 Å². The van der Waals surface area contributed by atoms with E-state index in [0.717, 1.165) is 6.42 Å². The molecular weight excluding hydrogens is 60.1 g/mol. The molecule has 1 aliphatic carbocycles. The third-order valence-electron chi connectivity index (χ3n) is 0.523. The van der Waals surface area contributed by atoms with E-state index in [9.17, 15) is 0 Å². The largest absolute Gasteiger partial charge is 0.0722 e. The summed E-state index contributed by atoms with van der Waals surface area (Å²) in [7, 11) is 0. The monoisotopic (exact) mass is 64.0 g/mol. The minimum Gasteiger partial charge on any atom is -0.0722 e. The summed E-state index contributed by atoms with van der Waals surface area (Å²) >= 11 is 0. The normalized spacial score (nSPS) is 17.6. The highest BCUT2D eigenvalue weighted by atomic mass is 13.8. The summed E-state index contributed by atoms with van der Waals surface area (Å²) in [4.78, 5) is 0. The van der Waals surface area contributed by atoms with Gasteiger partial charge in [0.2, 0.25) is 0 Å². The Morgan fingerprint density at radius 2 is 2.60 bits per heavy atom. The molecule has 0 bridgehead atoms. The molecule has 24 valence electrons. The van der Waals surface area contributed by atoms with Crippen LogP contribution in [0.2, 0.25) is 0 Å². The lowest BCUT2D eigenvalue weighted by Gasteiger charge is -1.55. The predicted molar refractivity (Wildman–Crippen MR) is 20.2 cm³/mol. The molecule has 1 aliphatic rings. The van der Waals surface area contributed by atoms with Gasteiger partial charge in [0.25, 0.3) is 0 Å². The minimum absolute atomic E-state index is 0.958. The lowest BCUT2D eigenvalue weighted by atomic mass is 10.5. The van der Waals surface area contributed by atoms with E-state index in [-0.39, 0.29) is 0 Å². The van der Waals surface area contributed by atoms with Crippen LogP contribution in [0.15, 0.2) is 12.2 Å². The van der Waals surface area contributed by atoms with Gasteiger partial charge in [0.15, 0.2) is 0 Å². The molecule has 0 atom stereocenters. The molecule has 0 amide bonds. The Bertz CT molecular complexity index is 58.1.